The first-order valence-electron chi connectivity index (χ1n) is 3.49. The molecule has 0 atom stereocenters. The van der Waals surface area contributed by atoms with Crippen LogP contribution in [-0.4, -0.2) is 11.7 Å². The molecule has 1 nitrogen and oxygen atoms in total. The SMILES string of the molecule is O=C(C#CCCl)c1ccccc1. The largest absolute Gasteiger partial charge is 0.279 e. The number of benzene rings is 1. The van der Waals surface area contributed by atoms with Crippen LogP contribution in [0.5, 0.6) is 0 Å². The van der Waals surface area contributed by atoms with Gasteiger partial charge in [0.1, 0.15) is 0 Å². The van der Waals surface area contributed by atoms with Gasteiger partial charge in [-0.25, -0.2) is 0 Å². The zero-order valence-corrected chi connectivity index (χ0v) is 7.14. The molecule has 0 unspecified atom stereocenters. The van der Waals surface area contributed by atoms with Gasteiger partial charge < -0.3 is 0 Å². The van der Waals surface area contributed by atoms with Gasteiger partial charge in [-0.3, -0.25) is 4.79 Å². The van der Waals surface area contributed by atoms with Crippen LogP contribution >= 0.6 is 11.6 Å². The highest BCUT2D eigenvalue weighted by Gasteiger charge is 1.97. The average molecular weight is 179 g/mol. The first-order chi connectivity index (χ1) is 5.84. The molecule has 12 heavy (non-hydrogen) atoms. The molecule has 1 rings (SSSR count). The van der Waals surface area contributed by atoms with E-state index in [1.54, 1.807) is 24.3 Å². The summed E-state index contributed by atoms with van der Waals surface area (Å²) in [6, 6.07) is 8.91. The smallest absolute Gasteiger partial charge is 0.235 e. The molecule has 1 aromatic rings. The fourth-order valence-corrected chi connectivity index (χ4v) is 0.842. The first kappa shape index (κ1) is 8.83. The molecule has 1 aromatic carbocycles. The predicted molar refractivity (Wildman–Crippen MR) is 49.3 cm³/mol. The molecule has 2 heteroatoms. The number of rotatable bonds is 1. The molecule has 0 aliphatic carbocycles. The van der Waals surface area contributed by atoms with Crippen molar-refractivity contribution in [2.75, 3.05) is 5.88 Å². The Labute approximate surface area is 76.4 Å². The Morgan fingerprint density at radius 3 is 2.58 bits per heavy atom. The van der Waals surface area contributed by atoms with Gasteiger partial charge >= 0.3 is 0 Å². The fraction of sp³-hybridized carbons (Fsp3) is 0.100. The molecule has 0 aliphatic heterocycles. The van der Waals surface area contributed by atoms with Crippen LogP contribution in [0.3, 0.4) is 0 Å². The maximum atomic E-state index is 11.2. The normalized spacial score (nSPS) is 8.42. The predicted octanol–water partition coefficient (Wildman–Crippen LogP) is 2.11. The highest BCUT2D eigenvalue weighted by atomic mass is 35.5. The molecular weight excluding hydrogens is 172 g/mol. The summed E-state index contributed by atoms with van der Waals surface area (Å²) < 4.78 is 0. The third-order valence-electron chi connectivity index (χ3n) is 1.30. The summed E-state index contributed by atoms with van der Waals surface area (Å²) in [5, 5.41) is 0. The molecule has 0 aromatic heterocycles. The second-order valence-corrected chi connectivity index (χ2v) is 2.40. The highest BCUT2D eigenvalue weighted by Crippen LogP contribution is 1.98. The van der Waals surface area contributed by atoms with E-state index in [1.165, 1.54) is 0 Å². The third-order valence-corrected chi connectivity index (χ3v) is 1.44. The Bertz CT molecular complexity index is 319. The van der Waals surface area contributed by atoms with Gasteiger partial charge in [-0.05, 0) is 5.92 Å². The molecule has 0 bridgehead atoms. The number of carbonyl (C=O) groups excluding carboxylic acids is 1. The molecule has 0 spiro atoms. The quantitative estimate of drug-likeness (QED) is 0.279. The van der Waals surface area contributed by atoms with Gasteiger partial charge in [0.25, 0.3) is 0 Å². The molecule has 0 N–H and O–H groups in total. The Hall–Kier alpha value is -1.26. The second kappa shape index (κ2) is 4.58. The zero-order valence-electron chi connectivity index (χ0n) is 6.38. The number of halogens is 1. The van der Waals surface area contributed by atoms with E-state index in [1.807, 2.05) is 6.07 Å². The second-order valence-electron chi connectivity index (χ2n) is 2.13. The van der Waals surface area contributed by atoms with Crippen molar-refractivity contribution in [3.8, 4) is 11.8 Å². The fourth-order valence-electron chi connectivity index (χ4n) is 0.775. The lowest BCUT2D eigenvalue weighted by Gasteiger charge is -1.89. The summed E-state index contributed by atoms with van der Waals surface area (Å²) in [5.41, 5.74) is 0.607. The molecule has 0 saturated carbocycles. The van der Waals surface area contributed by atoms with Crippen LogP contribution in [0.25, 0.3) is 0 Å². The van der Waals surface area contributed by atoms with E-state index < -0.39 is 0 Å². The molecule has 0 aliphatic rings. The minimum atomic E-state index is -0.184. The van der Waals surface area contributed by atoms with Crippen molar-refractivity contribution in [3.05, 3.63) is 35.9 Å². The Morgan fingerprint density at radius 2 is 2.00 bits per heavy atom. The maximum absolute atomic E-state index is 11.2. The van der Waals surface area contributed by atoms with Crippen LogP contribution in [0.4, 0.5) is 0 Å². The lowest BCUT2D eigenvalue weighted by atomic mass is 10.1. The summed E-state index contributed by atoms with van der Waals surface area (Å²) in [6.07, 6.45) is 0. The molecular formula is C10H7ClO. The summed E-state index contributed by atoms with van der Waals surface area (Å²) in [5.74, 6) is 4.95. The Morgan fingerprint density at radius 1 is 1.33 bits per heavy atom. The van der Waals surface area contributed by atoms with E-state index in [-0.39, 0.29) is 11.7 Å². The Kier molecular flexibility index (Phi) is 3.37. The van der Waals surface area contributed by atoms with Crippen molar-refractivity contribution in [1.82, 2.24) is 0 Å². The van der Waals surface area contributed by atoms with Crippen molar-refractivity contribution >= 4 is 17.4 Å². The van der Waals surface area contributed by atoms with Crippen LogP contribution in [0.1, 0.15) is 10.4 Å². The van der Waals surface area contributed by atoms with Crippen molar-refractivity contribution < 1.29 is 4.79 Å². The molecule has 0 amide bonds. The monoisotopic (exact) mass is 178 g/mol. The van der Waals surface area contributed by atoms with Gasteiger partial charge in [0.2, 0.25) is 5.78 Å². The van der Waals surface area contributed by atoms with E-state index >= 15 is 0 Å². The van der Waals surface area contributed by atoms with Crippen LogP contribution in [-0.2, 0) is 0 Å². The van der Waals surface area contributed by atoms with Gasteiger partial charge in [0.05, 0.1) is 5.88 Å². The van der Waals surface area contributed by atoms with Crippen LogP contribution in [0.15, 0.2) is 30.3 Å². The molecule has 0 fully saturated rings. The Balaban J connectivity index is 2.79. The minimum Gasteiger partial charge on any atom is -0.279 e. The van der Waals surface area contributed by atoms with E-state index in [4.69, 9.17) is 11.6 Å². The van der Waals surface area contributed by atoms with E-state index in [0.717, 1.165) is 0 Å². The summed E-state index contributed by atoms with van der Waals surface area (Å²) in [6.45, 7) is 0. The van der Waals surface area contributed by atoms with Crippen molar-refractivity contribution in [2.45, 2.75) is 0 Å². The summed E-state index contributed by atoms with van der Waals surface area (Å²) in [7, 11) is 0. The lowest BCUT2D eigenvalue weighted by Crippen LogP contribution is -1.93. The van der Waals surface area contributed by atoms with Crippen molar-refractivity contribution in [1.29, 1.82) is 0 Å². The van der Waals surface area contributed by atoms with Gasteiger partial charge in [-0.2, -0.15) is 0 Å². The number of alkyl halides is 1. The summed E-state index contributed by atoms with van der Waals surface area (Å²) >= 11 is 5.31. The highest BCUT2D eigenvalue weighted by molar-refractivity contribution is 6.20. The zero-order chi connectivity index (χ0) is 8.81. The van der Waals surface area contributed by atoms with Gasteiger partial charge in [-0.1, -0.05) is 36.3 Å². The van der Waals surface area contributed by atoms with Gasteiger partial charge in [0.15, 0.2) is 0 Å². The van der Waals surface area contributed by atoms with Crippen molar-refractivity contribution in [2.24, 2.45) is 0 Å². The number of Topliss-reactive ketones (excluding diaryl/α,β-unsaturated/α-hetero) is 1. The van der Waals surface area contributed by atoms with E-state index in [0.29, 0.717) is 5.56 Å². The molecule has 0 radical (unpaired) electrons. The minimum absolute atomic E-state index is 0.184. The number of hydrogen-bond donors (Lipinski definition) is 0. The lowest BCUT2D eigenvalue weighted by molar-refractivity contribution is 0.105. The maximum Gasteiger partial charge on any atom is 0.235 e. The van der Waals surface area contributed by atoms with Crippen LogP contribution < -0.4 is 0 Å². The van der Waals surface area contributed by atoms with Crippen LogP contribution in [0.2, 0.25) is 0 Å². The van der Waals surface area contributed by atoms with Gasteiger partial charge in [-0.15, -0.1) is 11.6 Å². The van der Waals surface area contributed by atoms with Gasteiger partial charge in [0, 0.05) is 5.56 Å². The van der Waals surface area contributed by atoms with E-state index in [9.17, 15) is 4.79 Å². The van der Waals surface area contributed by atoms with E-state index in [2.05, 4.69) is 11.8 Å². The first-order valence-corrected chi connectivity index (χ1v) is 4.02. The molecule has 60 valence electrons. The third kappa shape index (κ3) is 2.41. The number of ketones is 1. The number of hydrogen-bond acceptors (Lipinski definition) is 1. The molecule has 0 heterocycles. The molecule has 0 saturated heterocycles. The van der Waals surface area contributed by atoms with Crippen LogP contribution in [0, 0.1) is 11.8 Å². The van der Waals surface area contributed by atoms with Crippen molar-refractivity contribution in [3.63, 3.8) is 0 Å². The standard InChI is InChI=1S/C10H7ClO/c11-8-4-7-10(12)9-5-2-1-3-6-9/h1-3,5-6H,8H2. The number of carbonyl (C=O) groups is 1. The summed E-state index contributed by atoms with van der Waals surface area (Å²) in [4.78, 5) is 11.2. The average Bonchev–Trinajstić information content (AvgIpc) is 2.15. The topological polar surface area (TPSA) is 17.1 Å².